The standard InChI is InChI=1S/C9H16O2SSi/c1-13(2,3)9-5-4-7-12(10,11)8-6-9/h4-6H,7-8H2,1-3H3. The Labute approximate surface area is 81.3 Å². The minimum absolute atomic E-state index is 0.192. The van der Waals surface area contributed by atoms with Crippen LogP contribution in [0.3, 0.4) is 0 Å². The van der Waals surface area contributed by atoms with Crippen molar-refractivity contribution < 1.29 is 8.42 Å². The van der Waals surface area contributed by atoms with Crippen molar-refractivity contribution in [1.29, 1.82) is 0 Å². The molecule has 0 aliphatic carbocycles. The predicted molar refractivity (Wildman–Crippen MR) is 59.2 cm³/mol. The molecule has 0 aromatic heterocycles. The molecule has 4 heteroatoms. The Morgan fingerprint density at radius 2 is 1.85 bits per heavy atom. The Bertz CT molecular complexity index is 344. The minimum atomic E-state index is -2.85. The molecule has 2 nitrogen and oxygen atoms in total. The molecule has 0 atom stereocenters. The SMILES string of the molecule is C[Si](C)(C)C1=CCS(=O)(=O)CC=C1. The summed E-state index contributed by atoms with van der Waals surface area (Å²) in [7, 11) is -4.19. The predicted octanol–water partition coefficient (Wildman–Crippen LogP) is 1.77. The number of allylic oxidation sites excluding steroid dienone is 2. The molecule has 0 fully saturated rings. The van der Waals surface area contributed by atoms with Gasteiger partial charge in [-0.2, -0.15) is 0 Å². The summed E-state index contributed by atoms with van der Waals surface area (Å²) in [4.78, 5) is 0. The number of sulfone groups is 1. The van der Waals surface area contributed by atoms with Crippen LogP contribution in [0.25, 0.3) is 0 Å². The van der Waals surface area contributed by atoms with Gasteiger partial charge in [0.1, 0.15) is 0 Å². The highest BCUT2D eigenvalue weighted by Crippen LogP contribution is 2.18. The quantitative estimate of drug-likeness (QED) is 0.626. The molecule has 0 saturated heterocycles. The smallest absolute Gasteiger partial charge is 0.157 e. The van der Waals surface area contributed by atoms with Crippen molar-refractivity contribution in [3.8, 4) is 0 Å². The Balaban J connectivity index is 2.98. The summed E-state index contributed by atoms with van der Waals surface area (Å²) in [6.45, 7) is 6.67. The van der Waals surface area contributed by atoms with Crippen molar-refractivity contribution in [1.82, 2.24) is 0 Å². The molecule has 13 heavy (non-hydrogen) atoms. The molecule has 1 aliphatic heterocycles. The van der Waals surface area contributed by atoms with Gasteiger partial charge < -0.3 is 0 Å². The third kappa shape index (κ3) is 3.12. The monoisotopic (exact) mass is 216 g/mol. The largest absolute Gasteiger partial charge is 0.228 e. The first-order valence-corrected chi connectivity index (χ1v) is 9.71. The maximum absolute atomic E-state index is 11.3. The van der Waals surface area contributed by atoms with Crippen LogP contribution in [-0.2, 0) is 9.84 Å². The van der Waals surface area contributed by atoms with Crippen molar-refractivity contribution in [3.05, 3.63) is 23.4 Å². The van der Waals surface area contributed by atoms with E-state index in [4.69, 9.17) is 0 Å². The summed E-state index contributed by atoms with van der Waals surface area (Å²) in [5.74, 6) is 0.400. The second-order valence-electron chi connectivity index (χ2n) is 4.39. The van der Waals surface area contributed by atoms with Gasteiger partial charge in [-0.25, -0.2) is 8.42 Å². The van der Waals surface area contributed by atoms with Crippen molar-refractivity contribution >= 4 is 17.9 Å². The highest BCUT2D eigenvalue weighted by molar-refractivity contribution is 7.91. The lowest BCUT2D eigenvalue weighted by Gasteiger charge is -2.16. The first kappa shape index (κ1) is 10.7. The molecule has 0 spiro atoms. The van der Waals surface area contributed by atoms with Gasteiger partial charge in [0, 0.05) is 0 Å². The van der Waals surface area contributed by atoms with E-state index < -0.39 is 17.9 Å². The lowest BCUT2D eigenvalue weighted by Crippen LogP contribution is -2.22. The maximum Gasteiger partial charge on any atom is 0.157 e. The molecule has 0 aromatic carbocycles. The first-order valence-electron chi connectivity index (χ1n) is 4.39. The van der Waals surface area contributed by atoms with E-state index in [9.17, 15) is 8.42 Å². The van der Waals surface area contributed by atoms with E-state index in [1.54, 1.807) is 6.08 Å². The van der Waals surface area contributed by atoms with Gasteiger partial charge in [0.2, 0.25) is 0 Å². The van der Waals surface area contributed by atoms with Gasteiger partial charge in [0.25, 0.3) is 0 Å². The molecular weight excluding hydrogens is 200 g/mol. The van der Waals surface area contributed by atoms with Gasteiger partial charge in [0.15, 0.2) is 9.84 Å². The van der Waals surface area contributed by atoms with Crippen molar-refractivity contribution in [2.24, 2.45) is 0 Å². The van der Waals surface area contributed by atoms with Crippen LogP contribution in [-0.4, -0.2) is 28.0 Å². The van der Waals surface area contributed by atoms with E-state index in [2.05, 4.69) is 19.6 Å². The van der Waals surface area contributed by atoms with Gasteiger partial charge in [-0.15, -0.1) is 0 Å². The Hall–Kier alpha value is -0.353. The van der Waals surface area contributed by atoms with Crippen LogP contribution in [0.5, 0.6) is 0 Å². The molecular formula is C9H16O2SSi. The fourth-order valence-electron chi connectivity index (χ4n) is 1.23. The lowest BCUT2D eigenvalue weighted by atomic mass is 10.4. The van der Waals surface area contributed by atoms with E-state index in [1.807, 2.05) is 12.2 Å². The van der Waals surface area contributed by atoms with Gasteiger partial charge in [-0.05, 0) is 0 Å². The Morgan fingerprint density at radius 1 is 1.23 bits per heavy atom. The van der Waals surface area contributed by atoms with E-state index >= 15 is 0 Å². The zero-order chi connectivity index (χ0) is 10.1. The molecule has 74 valence electrons. The summed E-state index contributed by atoms with van der Waals surface area (Å²) in [5.41, 5.74) is 0. The molecule has 0 aromatic rings. The fourth-order valence-corrected chi connectivity index (χ4v) is 3.67. The average Bonchev–Trinajstić information content (AvgIpc) is 2.08. The third-order valence-corrected chi connectivity index (χ3v) is 5.55. The molecule has 1 aliphatic rings. The Kier molecular flexibility index (Phi) is 2.82. The summed E-state index contributed by atoms with van der Waals surface area (Å²) in [5, 5.41) is 1.24. The number of rotatable bonds is 1. The van der Waals surface area contributed by atoms with Crippen molar-refractivity contribution in [2.75, 3.05) is 11.5 Å². The van der Waals surface area contributed by atoms with Crippen LogP contribution in [0.15, 0.2) is 23.4 Å². The van der Waals surface area contributed by atoms with Crippen LogP contribution in [0.2, 0.25) is 19.6 Å². The maximum atomic E-state index is 11.3. The lowest BCUT2D eigenvalue weighted by molar-refractivity contribution is 0.602. The highest BCUT2D eigenvalue weighted by atomic mass is 32.2. The second kappa shape index (κ2) is 3.42. The topological polar surface area (TPSA) is 34.1 Å². The van der Waals surface area contributed by atoms with Crippen LogP contribution >= 0.6 is 0 Å². The highest BCUT2D eigenvalue weighted by Gasteiger charge is 2.20. The average molecular weight is 216 g/mol. The minimum Gasteiger partial charge on any atom is -0.228 e. The molecule has 0 N–H and O–H groups in total. The van der Waals surface area contributed by atoms with Crippen LogP contribution < -0.4 is 0 Å². The van der Waals surface area contributed by atoms with Gasteiger partial charge in [-0.3, -0.25) is 0 Å². The third-order valence-electron chi connectivity index (χ3n) is 2.07. The molecule has 0 radical (unpaired) electrons. The van der Waals surface area contributed by atoms with E-state index in [1.165, 1.54) is 5.20 Å². The second-order valence-corrected chi connectivity index (χ2v) is 11.6. The number of hydrogen-bond acceptors (Lipinski definition) is 2. The Morgan fingerprint density at radius 3 is 2.38 bits per heavy atom. The summed E-state index contributed by atoms with van der Waals surface area (Å²) < 4.78 is 22.5. The van der Waals surface area contributed by atoms with E-state index in [0.29, 0.717) is 0 Å². The van der Waals surface area contributed by atoms with Gasteiger partial charge in [0.05, 0.1) is 19.6 Å². The number of hydrogen-bond donors (Lipinski definition) is 0. The normalized spacial score (nSPS) is 22.2. The van der Waals surface area contributed by atoms with Crippen LogP contribution in [0, 0.1) is 0 Å². The van der Waals surface area contributed by atoms with Crippen molar-refractivity contribution in [3.63, 3.8) is 0 Å². The summed E-state index contributed by atoms with van der Waals surface area (Å²) in [6, 6.07) is 0. The fraction of sp³-hybridized carbons (Fsp3) is 0.556. The zero-order valence-corrected chi connectivity index (χ0v) is 10.2. The van der Waals surface area contributed by atoms with Crippen molar-refractivity contribution in [2.45, 2.75) is 19.6 Å². The molecule has 1 heterocycles. The summed E-state index contributed by atoms with van der Waals surface area (Å²) in [6.07, 6.45) is 5.63. The summed E-state index contributed by atoms with van der Waals surface area (Å²) >= 11 is 0. The molecule has 0 saturated carbocycles. The molecule has 0 amide bonds. The molecule has 0 unspecified atom stereocenters. The van der Waals surface area contributed by atoms with Crippen LogP contribution in [0.1, 0.15) is 0 Å². The van der Waals surface area contributed by atoms with Gasteiger partial charge >= 0.3 is 0 Å². The molecule has 1 rings (SSSR count). The van der Waals surface area contributed by atoms with Crippen LogP contribution in [0.4, 0.5) is 0 Å². The first-order chi connectivity index (χ1) is 5.81. The van der Waals surface area contributed by atoms with E-state index in [0.717, 1.165) is 0 Å². The van der Waals surface area contributed by atoms with E-state index in [-0.39, 0.29) is 11.5 Å². The molecule has 0 bridgehead atoms. The van der Waals surface area contributed by atoms with Gasteiger partial charge in [-0.1, -0.05) is 43.1 Å². The zero-order valence-electron chi connectivity index (χ0n) is 8.37.